The van der Waals surface area contributed by atoms with E-state index in [1.165, 1.54) is 12.1 Å². The topological polar surface area (TPSA) is 60.2 Å². The van der Waals surface area contributed by atoms with Gasteiger partial charge in [-0.1, -0.05) is 5.16 Å². The molecule has 5 nitrogen and oxygen atoms in total. The van der Waals surface area contributed by atoms with Crippen molar-refractivity contribution in [1.29, 1.82) is 0 Å². The van der Waals surface area contributed by atoms with Crippen LogP contribution < -0.4 is 10.1 Å². The van der Waals surface area contributed by atoms with E-state index in [-0.39, 0.29) is 18.0 Å². The van der Waals surface area contributed by atoms with Crippen molar-refractivity contribution in [3.05, 3.63) is 41.3 Å². The Balaban J connectivity index is 2.07. The second-order valence-electron chi connectivity index (χ2n) is 5.88. The Morgan fingerprint density at radius 1 is 1.33 bits per heavy atom. The van der Waals surface area contributed by atoms with Crippen molar-refractivity contribution >= 4 is 0 Å². The highest BCUT2D eigenvalue weighted by molar-refractivity contribution is 5.34. The van der Waals surface area contributed by atoms with E-state index >= 15 is 0 Å². The Bertz CT molecular complexity index is 605. The number of hydrogen-bond acceptors (Lipinski definition) is 5. The smallest absolute Gasteiger partial charge is 0.264 e. The van der Waals surface area contributed by atoms with Crippen LogP contribution in [0.5, 0.6) is 5.75 Å². The fraction of sp³-hybridized carbons (Fsp3) is 0.467. The van der Waals surface area contributed by atoms with Crippen molar-refractivity contribution < 1.29 is 13.7 Å². The highest BCUT2D eigenvalue weighted by atomic mass is 19.1. The number of nitrogens with one attached hydrogen (secondary N) is 1. The first kappa shape index (κ1) is 15.4. The third-order valence-electron chi connectivity index (χ3n) is 2.75. The molecule has 0 bridgehead atoms. The van der Waals surface area contributed by atoms with Gasteiger partial charge in [0.15, 0.2) is 12.4 Å². The van der Waals surface area contributed by atoms with Gasteiger partial charge in [-0.2, -0.15) is 4.98 Å². The van der Waals surface area contributed by atoms with E-state index in [4.69, 9.17) is 9.26 Å². The summed E-state index contributed by atoms with van der Waals surface area (Å²) in [6.45, 7) is 8.56. The van der Waals surface area contributed by atoms with E-state index in [9.17, 15) is 4.39 Å². The maximum atomic E-state index is 13.4. The van der Waals surface area contributed by atoms with Gasteiger partial charge in [-0.25, -0.2) is 4.39 Å². The molecular weight excluding hydrogens is 273 g/mol. The van der Waals surface area contributed by atoms with Crippen LogP contribution in [0.4, 0.5) is 4.39 Å². The molecule has 6 heteroatoms. The van der Waals surface area contributed by atoms with Crippen molar-refractivity contribution in [3.63, 3.8) is 0 Å². The van der Waals surface area contributed by atoms with Crippen LogP contribution in [0.2, 0.25) is 0 Å². The lowest BCUT2D eigenvalue weighted by atomic mass is 10.1. The molecule has 1 N–H and O–H groups in total. The minimum Gasteiger partial charge on any atom is -0.483 e. The third kappa shape index (κ3) is 4.82. The fourth-order valence-corrected chi connectivity index (χ4v) is 1.73. The summed E-state index contributed by atoms with van der Waals surface area (Å²) in [6, 6.07) is 4.44. The molecule has 0 aliphatic heterocycles. The number of halogens is 1. The Labute approximate surface area is 123 Å². The maximum absolute atomic E-state index is 13.4. The van der Waals surface area contributed by atoms with Crippen LogP contribution in [-0.2, 0) is 13.2 Å². The fourth-order valence-electron chi connectivity index (χ4n) is 1.73. The van der Waals surface area contributed by atoms with Crippen molar-refractivity contribution in [1.82, 2.24) is 15.5 Å². The average molecular weight is 293 g/mol. The van der Waals surface area contributed by atoms with Crippen LogP contribution in [0.3, 0.4) is 0 Å². The standard InChI is InChI=1S/C15H20FN3O2/c1-10-18-14(21-19-10)9-20-13-6-5-12(16)7-11(13)8-17-15(2,3)4/h5-7,17H,8-9H2,1-4H3. The van der Waals surface area contributed by atoms with Gasteiger partial charge in [0.05, 0.1) is 0 Å². The first-order valence-electron chi connectivity index (χ1n) is 6.79. The van der Waals surface area contributed by atoms with Gasteiger partial charge in [-0.15, -0.1) is 0 Å². The molecule has 0 unspecified atom stereocenters. The van der Waals surface area contributed by atoms with Gasteiger partial charge in [-0.05, 0) is 45.9 Å². The van der Waals surface area contributed by atoms with E-state index in [2.05, 4.69) is 15.5 Å². The zero-order valence-corrected chi connectivity index (χ0v) is 12.7. The number of aryl methyl sites for hydroxylation is 1. The van der Waals surface area contributed by atoms with Gasteiger partial charge in [-0.3, -0.25) is 0 Å². The number of aromatic nitrogens is 2. The summed E-state index contributed by atoms with van der Waals surface area (Å²) < 4.78 is 24.1. The van der Waals surface area contributed by atoms with E-state index in [1.54, 1.807) is 13.0 Å². The van der Waals surface area contributed by atoms with E-state index < -0.39 is 0 Å². The predicted molar refractivity (Wildman–Crippen MR) is 76.4 cm³/mol. The van der Waals surface area contributed by atoms with Gasteiger partial charge in [0.1, 0.15) is 11.6 Å². The summed E-state index contributed by atoms with van der Waals surface area (Å²) in [7, 11) is 0. The SMILES string of the molecule is Cc1noc(COc2ccc(F)cc2CNC(C)(C)C)n1. The Morgan fingerprint density at radius 3 is 2.71 bits per heavy atom. The second kappa shape index (κ2) is 6.22. The lowest BCUT2D eigenvalue weighted by Crippen LogP contribution is -2.35. The van der Waals surface area contributed by atoms with Crippen LogP contribution in [0.15, 0.2) is 22.7 Å². The normalized spacial score (nSPS) is 11.7. The lowest BCUT2D eigenvalue weighted by molar-refractivity contribution is 0.239. The first-order valence-corrected chi connectivity index (χ1v) is 6.79. The number of rotatable bonds is 5. The van der Waals surface area contributed by atoms with Crippen molar-refractivity contribution in [3.8, 4) is 5.75 Å². The number of benzene rings is 1. The maximum Gasteiger partial charge on any atom is 0.264 e. The Kier molecular flexibility index (Phi) is 4.57. The Morgan fingerprint density at radius 2 is 2.10 bits per heavy atom. The van der Waals surface area contributed by atoms with Crippen LogP contribution in [0, 0.1) is 12.7 Å². The molecule has 21 heavy (non-hydrogen) atoms. The van der Waals surface area contributed by atoms with Crippen molar-refractivity contribution in [2.75, 3.05) is 0 Å². The minimum atomic E-state index is -0.290. The number of ether oxygens (including phenoxy) is 1. The molecule has 1 aromatic heterocycles. The highest BCUT2D eigenvalue weighted by Gasteiger charge is 2.13. The summed E-state index contributed by atoms with van der Waals surface area (Å²) >= 11 is 0. The van der Waals surface area contributed by atoms with Crippen LogP contribution >= 0.6 is 0 Å². The summed E-state index contributed by atoms with van der Waals surface area (Å²) in [5, 5.41) is 7.01. The number of nitrogens with zero attached hydrogens (tertiary/aromatic N) is 2. The molecule has 0 aliphatic carbocycles. The molecule has 0 spiro atoms. The quantitative estimate of drug-likeness (QED) is 0.918. The summed E-state index contributed by atoms with van der Waals surface area (Å²) in [5.74, 6) is 1.26. The molecule has 0 amide bonds. The molecule has 2 aromatic rings. The zero-order valence-electron chi connectivity index (χ0n) is 12.7. The molecule has 0 atom stereocenters. The largest absolute Gasteiger partial charge is 0.483 e. The zero-order chi connectivity index (χ0) is 15.5. The molecule has 1 aromatic carbocycles. The summed E-state index contributed by atoms with van der Waals surface area (Å²) in [6.07, 6.45) is 0. The average Bonchev–Trinajstić information content (AvgIpc) is 2.80. The van der Waals surface area contributed by atoms with Gasteiger partial charge in [0.25, 0.3) is 5.89 Å². The van der Waals surface area contributed by atoms with Crippen LogP contribution in [-0.4, -0.2) is 15.7 Å². The van der Waals surface area contributed by atoms with E-state index in [0.717, 1.165) is 5.56 Å². The van der Waals surface area contributed by atoms with Crippen LogP contribution in [0.25, 0.3) is 0 Å². The summed E-state index contributed by atoms with van der Waals surface area (Å²) in [5.41, 5.74) is 0.689. The van der Waals surface area contributed by atoms with E-state index in [0.29, 0.717) is 24.0 Å². The highest BCUT2D eigenvalue weighted by Crippen LogP contribution is 2.21. The molecule has 114 valence electrons. The minimum absolute atomic E-state index is 0.0623. The van der Waals surface area contributed by atoms with E-state index in [1.807, 2.05) is 20.8 Å². The van der Waals surface area contributed by atoms with Gasteiger partial charge in [0, 0.05) is 17.6 Å². The number of hydrogen-bond donors (Lipinski definition) is 1. The van der Waals surface area contributed by atoms with Gasteiger partial charge < -0.3 is 14.6 Å². The molecule has 0 fully saturated rings. The second-order valence-corrected chi connectivity index (χ2v) is 5.88. The Hall–Kier alpha value is -1.95. The first-order chi connectivity index (χ1) is 9.83. The predicted octanol–water partition coefficient (Wildman–Crippen LogP) is 2.98. The molecule has 0 radical (unpaired) electrons. The molecule has 0 saturated heterocycles. The molecule has 1 heterocycles. The monoisotopic (exact) mass is 293 g/mol. The van der Waals surface area contributed by atoms with Crippen LogP contribution in [0.1, 0.15) is 38.0 Å². The molecule has 0 saturated carbocycles. The van der Waals surface area contributed by atoms with Crippen molar-refractivity contribution in [2.24, 2.45) is 0 Å². The third-order valence-corrected chi connectivity index (χ3v) is 2.75. The lowest BCUT2D eigenvalue weighted by Gasteiger charge is -2.21. The molecule has 0 aliphatic rings. The molecular formula is C15H20FN3O2. The van der Waals surface area contributed by atoms with Gasteiger partial charge >= 0.3 is 0 Å². The van der Waals surface area contributed by atoms with Gasteiger partial charge in [0.2, 0.25) is 0 Å². The molecule has 2 rings (SSSR count). The van der Waals surface area contributed by atoms with Crippen molar-refractivity contribution in [2.45, 2.75) is 46.4 Å². The summed E-state index contributed by atoms with van der Waals surface area (Å²) in [4.78, 5) is 4.07.